The van der Waals surface area contributed by atoms with E-state index in [-0.39, 0.29) is 22.2 Å². The Kier molecular flexibility index (Phi) is 6.31. The van der Waals surface area contributed by atoms with Crippen LogP contribution in [-0.2, 0) is 4.79 Å². The maximum atomic E-state index is 12.6. The Balaban J connectivity index is 1.71. The first-order chi connectivity index (χ1) is 13.1. The van der Waals surface area contributed by atoms with Gasteiger partial charge in [0.05, 0.1) is 18.6 Å². The number of methoxy groups -OCH3 is 1. The zero-order chi connectivity index (χ0) is 19.2. The van der Waals surface area contributed by atoms with E-state index in [4.69, 9.17) is 4.74 Å². The monoisotopic (exact) mass is 445 g/mol. The number of nitrogens with zero attached hydrogens (tertiary/aromatic N) is 2. The highest BCUT2D eigenvalue weighted by Crippen LogP contribution is 2.23. The maximum Gasteiger partial charge on any atom is 0.287 e. The number of hydrogen-bond donors (Lipinski definition) is 1. The first-order valence-corrected chi connectivity index (χ1v) is 9.75. The van der Waals surface area contributed by atoms with Crippen molar-refractivity contribution in [3.05, 3.63) is 75.8 Å². The molecule has 0 aliphatic heterocycles. The fraction of sp³-hybridized carbons (Fsp3) is 0.105. The van der Waals surface area contributed by atoms with Gasteiger partial charge in [-0.3, -0.25) is 14.2 Å². The number of ether oxygens (including phenoxy) is 1. The standard InChI is InChI=1S/C19H16BrN3O3S/c1-26-16-5-3-2-4-15(16)22-17(24)12-27-18-19(25)23(11-10-21-18)14-8-6-13(20)7-9-14/h2-11H,12H2,1H3,(H,22,24). The molecule has 0 saturated heterocycles. The molecular weight excluding hydrogens is 430 g/mol. The number of amides is 1. The van der Waals surface area contributed by atoms with Gasteiger partial charge in [-0.1, -0.05) is 39.8 Å². The molecule has 0 atom stereocenters. The van der Waals surface area contributed by atoms with Gasteiger partial charge in [0.25, 0.3) is 5.56 Å². The molecule has 0 saturated carbocycles. The summed E-state index contributed by atoms with van der Waals surface area (Å²) in [5.74, 6) is 0.390. The smallest absolute Gasteiger partial charge is 0.287 e. The maximum absolute atomic E-state index is 12.6. The minimum Gasteiger partial charge on any atom is -0.495 e. The van der Waals surface area contributed by atoms with E-state index in [1.54, 1.807) is 30.6 Å². The van der Waals surface area contributed by atoms with Gasteiger partial charge in [-0.15, -0.1) is 0 Å². The second-order valence-corrected chi connectivity index (χ2v) is 7.30. The van der Waals surface area contributed by atoms with Crippen LogP contribution in [0.5, 0.6) is 5.75 Å². The topological polar surface area (TPSA) is 73.2 Å². The molecule has 1 heterocycles. The van der Waals surface area contributed by atoms with Crippen LogP contribution in [0.15, 0.2) is 75.2 Å². The highest BCUT2D eigenvalue weighted by Gasteiger charge is 2.11. The third-order valence-electron chi connectivity index (χ3n) is 3.64. The summed E-state index contributed by atoms with van der Waals surface area (Å²) in [5.41, 5.74) is 1.04. The van der Waals surface area contributed by atoms with Crippen LogP contribution in [0.2, 0.25) is 0 Å². The molecule has 1 N–H and O–H groups in total. The number of rotatable bonds is 6. The lowest BCUT2D eigenvalue weighted by molar-refractivity contribution is -0.113. The lowest BCUT2D eigenvalue weighted by atomic mass is 10.3. The van der Waals surface area contributed by atoms with E-state index in [0.717, 1.165) is 21.9 Å². The van der Waals surface area contributed by atoms with Crippen molar-refractivity contribution in [2.75, 3.05) is 18.2 Å². The van der Waals surface area contributed by atoms with E-state index >= 15 is 0 Å². The van der Waals surface area contributed by atoms with Gasteiger partial charge in [-0.25, -0.2) is 4.98 Å². The fourth-order valence-corrected chi connectivity index (χ4v) is 3.33. The molecule has 3 aromatic rings. The van der Waals surface area contributed by atoms with E-state index in [0.29, 0.717) is 11.4 Å². The Morgan fingerprint density at radius 1 is 1.22 bits per heavy atom. The van der Waals surface area contributed by atoms with E-state index in [2.05, 4.69) is 26.2 Å². The molecule has 27 heavy (non-hydrogen) atoms. The van der Waals surface area contributed by atoms with Crippen molar-refractivity contribution >= 4 is 39.3 Å². The predicted octanol–water partition coefficient (Wildman–Crippen LogP) is 3.73. The van der Waals surface area contributed by atoms with Crippen LogP contribution >= 0.6 is 27.7 Å². The second-order valence-electron chi connectivity index (χ2n) is 5.42. The van der Waals surface area contributed by atoms with E-state index < -0.39 is 0 Å². The molecule has 2 aromatic carbocycles. The normalized spacial score (nSPS) is 10.4. The van der Waals surface area contributed by atoms with Gasteiger partial charge in [0.2, 0.25) is 5.91 Å². The number of hydrogen-bond acceptors (Lipinski definition) is 5. The first-order valence-electron chi connectivity index (χ1n) is 7.98. The SMILES string of the molecule is COc1ccccc1NC(=O)CSc1nccn(-c2ccc(Br)cc2)c1=O. The van der Waals surface area contributed by atoms with Gasteiger partial charge in [-0.2, -0.15) is 0 Å². The van der Waals surface area contributed by atoms with Crippen LogP contribution in [0.4, 0.5) is 5.69 Å². The van der Waals surface area contributed by atoms with Gasteiger partial charge in [0.15, 0.2) is 5.03 Å². The molecule has 3 rings (SSSR count). The summed E-state index contributed by atoms with van der Waals surface area (Å²) in [7, 11) is 1.54. The molecule has 0 aliphatic rings. The Hall–Kier alpha value is -2.58. The highest BCUT2D eigenvalue weighted by atomic mass is 79.9. The van der Waals surface area contributed by atoms with Crippen LogP contribution < -0.4 is 15.6 Å². The van der Waals surface area contributed by atoms with Gasteiger partial charge in [0.1, 0.15) is 5.75 Å². The molecule has 0 unspecified atom stereocenters. The first kappa shape index (κ1) is 19.2. The largest absolute Gasteiger partial charge is 0.495 e. The summed E-state index contributed by atoms with van der Waals surface area (Å²) in [6, 6.07) is 14.5. The Morgan fingerprint density at radius 3 is 2.70 bits per heavy atom. The second kappa shape index (κ2) is 8.88. The van der Waals surface area contributed by atoms with Crippen LogP contribution in [0.1, 0.15) is 0 Å². The molecule has 0 fully saturated rings. The number of carbonyl (C=O) groups is 1. The summed E-state index contributed by atoms with van der Waals surface area (Å²) < 4.78 is 7.64. The number of nitrogens with one attached hydrogen (secondary N) is 1. The van der Waals surface area contributed by atoms with E-state index in [1.807, 2.05) is 30.3 Å². The molecule has 0 bridgehead atoms. The van der Waals surface area contributed by atoms with Crippen molar-refractivity contribution in [3.63, 3.8) is 0 Å². The third-order valence-corrected chi connectivity index (χ3v) is 5.12. The fourth-order valence-electron chi connectivity index (χ4n) is 2.37. The molecule has 6 nitrogen and oxygen atoms in total. The molecular formula is C19H16BrN3O3S. The molecule has 0 spiro atoms. The van der Waals surface area contributed by atoms with Crippen molar-refractivity contribution in [3.8, 4) is 11.4 Å². The van der Waals surface area contributed by atoms with Crippen molar-refractivity contribution in [2.24, 2.45) is 0 Å². The summed E-state index contributed by atoms with van der Waals surface area (Å²) in [4.78, 5) is 29.0. The van der Waals surface area contributed by atoms with Crippen molar-refractivity contribution < 1.29 is 9.53 Å². The third kappa shape index (κ3) is 4.78. The molecule has 0 aliphatic carbocycles. The van der Waals surface area contributed by atoms with Gasteiger partial charge in [0, 0.05) is 22.6 Å². The van der Waals surface area contributed by atoms with Crippen LogP contribution in [0.25, 0.3) is 5.69 Å². The van der Waals surface area contributed by atoms with Crippen LogP contribution in [0, 0.1) is 0 Å². The average Bonchev–Trinajstić information content (AvgIpc) is 2.68. The Labute approximate surface area is 168 Å². The number of halogens is 1. The summed E-state index contributed by atoms with van der Waals surface area (Å²) >= 11 is 4.47. The number of anilines is 1. The lowest BCUT2D eigenvalue weighted by Crippen LogP contribution is -2.22. The van der Waals surface area contributed by atoms with E-state index in [1.165, 1.54) is 11.7 Å². The molecule has 1 aromatic heterocycles. The van der Waals surface area contributed by atoms with Gasteiger partial charge < -0.3 is 10.1 Å². The van der Waals surface area contributed by atoms with Gasteiger partial charge >= 0.3 is 0 Å². The number of benzene rings is 2. The average molecular weight is 446 g/mol. The molecule has 0 radical (unpaired) electrons. The Morgan fingerprint density at radius 2 is 1.96 bits per heavy atom. The molecule has 138 valence electrons. The predicted molar refractivity (Wildman–Crippen MR) is 110 cm³/mol. The Bertz CT molecular complexity index is 1010. The zero-order valence-corrected chi connectivity index (χ0v) is 16.8. The summed E-state index contributed by atoms with van der Waals surface area (Å²) in [6.07, 6.45) is 3.15. The molecule has 1 amide bonds. The highest BCUT2D eigenvalue weighted by molar-refractivity contribution is 9.10. The minimum absolute atomic E-state index is 0.0602. The number of carbonyl (C=O) groups excluding carboxylic acids is 1. The number of thioether (sulfide) groups is 1. The van der Waals surface area contributed by atoms with Crippen molar-refractivity contribution in [2.45, 2.75) is 5.03 Å². The molecule has 8 heteroatoms. The van der Waals surface area contributed by atoms with Crippen molar-refractivity contribution in [1.29, 1.82) is 0 Å². The lowest BCUT2D eigenvalue weighted by Gasteiger charge is -2.10. The van der Waals surface area contributed by atoms with Crippen LogP contribution in [0.3, 0.4) is 0 Å². The number of para-hydroxylation sites is 2. The minimum atomic E-state index is -0.269. The quantitative estimate of drug-likeness (QED) is 0.585. The van der Waals surface area contributed by atoms with E-state index in [9.17, 15) is 9.59 Å². The van der Waals surface area contributed by atoms with Crippen LogP contribution in [-0.4, -0.2) is 28.3 Å². The van der Waals surface area contributed by atoms with Crippen molar-refractivity contribution in [1.82, 2.24) is 9.55 Å². The van der Waals surface area contributed by atoms with Gasteiger partial charge in [-0.05, 0) is 36.4 Å². The zero-order valence-electron chi connectivity index (χ0n) is 14.4. The summed E-state index contributed by atoms with van der Waals surface area (Å²) in [6.45, 7) is 0. The number of aromatic nitrogens is 2. The summed E-state index contributed by atoms with van der Waals surface area (Å²) in [5, 5.41) is 3.04.